The molecular formula is C52H76N4O9. The lowest BCUT2D eigenvalue weighted by Crippen LogP contribution is -2.67. The lowest BCUT2D eigenvalue weighted by molar-refractivity contribution is -0.227. The summed E-state index contributed by atoms with van der Waals surface area (Å²) in [5, 5.41) is 67.4. The van der Waals surface area contributed by atoms with Gasteiger partial charge >= 0.3 is 5.97 Å². The lowest BCUT2D eigenvalue weighted by Gasteiger charge is -2.63. The van der Waals surface area contributed by atoms with Crippen LogP contribution in [-0.4, -0.2) is 97.7 Å². The summed E-state index contributed by atoms with van der Waals surface area (Å²) in [4.78, 5) is 45.0. The third-order valence-corrected chi connectivity index (χ3v) is 20.2. The second kappa shape index (κ2) is 16.5. The summed E-state index contributed by atoms with van der Waals surface area (Å²) in [5.41, 5.74) is 6.74. The van der Waals surface area contributed by atoms with E-state index < -0.39 is 63.5 Å². The summed E-state index contributed by atoms with van der Waals surface area (Å²) >= 11 is 0. The van der Waals surface area contributed by atoms with Gasteiger partial charge in [0.1, 0.15) is 5.78 Å². The summed E-state index contributed by atoms with van der Waals surface area (Å²) < 4.78 is 5.65. The van der Waals surface area contributed by atoms with Gasteiger partial charge in [-0.25, -0.2) is 0 Å². The van der Waals surface area contributed by atoms with E-state index in [1.807, 2.05) is 6.92 Å². The van der Waals surface area contributed by atoms with Crippen LogP contribution >= 0.6 is 0 Å². The highest BCUT2D eigenvalue weighted by atomic mass is 16.5. The van der Waals surface area contributed by atoms with Gasteiger partial charge in [0.15, 0.2) is 11.7 Å². The van der Waals surface area contributed by atoms with Gasteiger partial charge in [0.25, 0.3) is 0 Å². The second-order valence-electron chi connectivity index (χ2n) is 23.6. The first kappa shape index (κ1) is 46.8. The molecule has 0 radical (unpaired) electrons. The van der Waals surface area contributed by atoms with Crippen LogP contribution in [0.25, 0.3) is 0 Å². The Morgan fingerprint density at radius 1 is 0.954 bits per heavy atom. The van der Waals surface area contributed by atoms with E-state index >= 15 is 4.79 Å². The van der Waals surface area contributed by atoms with Crippen molar-refractivity contribution in [3.05, 3.63) is 22.9 Å². The maximum Gasteiger partial charge on any atom is 0.306 e. The number of nitrogens with two attached hydrogens (primary N) is 2. The number of fused-ring (bicyclic) bond motifs is 10. The molecule has 13 nitrogen and oxygen atoms in total. The molecular weight excluding hydrogens is 825 g/mol. The van der Waals surface area contributed by atoms with Crippen LogP contribution in [0.3, 0.4) is 0 Å². The number of carbonyl (C=O) groups is 3. The minimum Gasteiger partial charge on any atom is -0.465 e. The van der Waals surface area contributed by atoms with E-state index in [9.17, 15) is 35.1 Å². The smallest absolute Gasteiger partial charge is 0.306 e. The standard InChI is InChI=1S/C52H76N4O9/c1-28-9-10-31-11-12-35-29(2)22-51(63)16-15-49(35,37(31)19-28)23-32(34-20-41(60)65-27-34)7-6-8-33-24-52(64)42-36(13-14-50(52,17-18-55-46(53)54)45(33)48(51,5)62)47(4)25-40(59)39(58)21-38(47)44(61)43(42)56-26-30(3)57/h11,28-29,32-40,45,56,58-59,62-64H,8-10,12-27H2,1-5H3,(H4,53,54,55)/t28-,29+,32+,33+,34+,35-,36-,37+,38-,39+,40-,45+,47+,48+,49-,50-,51+,52+/m0/s1. The number of esters is 1. The van der Waals surface area contributed by atoms with Gasteiger partial charge in [0.05, 0.1) is 54.3 Å². The van der Waals surface area contributed by atoms with Crippen molar-refractivity contribution in [1.82, 2.24) is 5.32 Å². The number of hydrogen-bond donors (Lipinski definition) is 8. The van der Waals surface area contributed by atoms with Crippen molar-refractivity contribution >= 4 is 23.5 Å². The molecule has 9 rings (SSSR count). The number of Topliss-reactive ketones (excluding diaryl/α,β-unsaturated/α-hetero) is 2. The molecule has 8 aliphatic carbocycles. The molecule has 2 bridgehead atoms. The van der Waals surface area contributed by atoms with E-state index in [0.717, 1.165) is 32.1 Å². The van der Waals surface area contributed by atoms with Crippen molar-refractivity contribution in [1.29, 1.82) is 0 Å². The van der Waals surface area contributed by atoms with Crippen molar-refractivity contribution in [2.24, 2.45) is 91.9 Å². The number of ether oxygens (including phenoxy) is 1. The Bertz CT molecular complexity index is 2120. The maximum atomic E-state index is 15.1. The predicted molar refractivity (Wildman–Crippen MR) is 244 cm³/mol. The molecule has 1 spiro atoms. The van der Waals surface area contributed by atoms with Crippen LogP contribution < -0.4 is 16.8 Å². The Balaban J connectivity index is 1.25. The van der Waals surface area contributed by atoms with Gasteiger partial charge in [-0.1, -0.05) is 38.3 Å². The number of carbonyl (C=O) groups excluding carboxylic acids is 3. The average molecular weight is 901 g/mol. The van der Waals surface area contributed by atoms with E-state index in [1.54, 1.807) is 6.92 Å². The summed E-state index contributed by atoms with van der Waals surface area (Å²) in [6.07, 6.45) is 8.65. The molecule has 65 heavy (non-hydrogen) atoms. The molecule has 10 N–H and O–H groups in total. The molecule has 0 aromatic rings. The molecule has 1 heterocycles. The zero-order valence-electron chi connectivity index (χ0n) is 39.4. The SMILES string of the molecule is CC(=O)CNC1=C2[C@H](CC[C@]3(CCN=C(N)N)[C@@H]4[C@H](CC#C[C@@H]([C@H]5COC(=O)C5)C[C@@]56CC[C@@](O)(C[C@@H](C)[C@@H]5CC=C5CC[C@H](C)C[C@H]56)[C@]4(C)O)C[C@@]23O)[C@@]2(C)C[C@H](O)[C@H](O)C[C@H]2C1=O. The molecule has 5 saturated carbocycles. The molecule has 0 aromatic heterocycles. The minimum absolute atomic E-state index is 0.0120. The fourth-order valence-corrected chi connectivity index (χ4v) is 17.2. The predicted octanol–water partition coefficient (Wildman–Crippen LogP) is 4.21. The third kappa shape index (κ3) is 7.18. The molecule has 18 atom stereocenters. The Morgan fingerprint density at radius 3 is 2.43 bits per heavy atom. The van der Waals surface area contributed by atoms with Gasteiger partial charge < -0.3 is 47.1 Å². The highest BCUT2D eigenvalue weighted by Gasteiger charge is 2.75. The normalized spacial score (nSPS) is 49.0. The monoisotopic (exact) mass is 901 g/mol. The van der Waals surface area contributed by atoms with Gasteiger partial charge in [-0.3, -0.25) is 19.4 Å². The molecule has 358 valence electrons. The summed E-state index contributed by atoms with van der Waals surface area (Å²) in [6, 6.07) is 0. The van der Waals surface area contributed by atoms with Crippen molar-refractivity contribution in [2.45, 2.75) is 166 Å². The zero-order chi connectivity index (χ0) is 46.6. The quantitative estimate of drug-likeness (QED) is 0.0590. The minimum atomic E-state index is -1.78. The Hall–Kier alpha value is -3.28. The first-order chi connectivity index (χ1) is 30.6. The van der Waals surface area contributed by atoms with E-state index in [4.69, 9.17) is 16.2 Å². The first-order valence-corrected chi connectivity index (χ1v) is 25.0. The fourth-order valence-electron chi connectivity index (χ4n) is 17.2. The molecule has 13 heteroatoms. The Labute approximate surface area is 385 Å². The number of nitrogens with one attached hydrogen (secondary N) is 1. The number of aliphatic hydroxyl groups excluding tert-OH is 2. The summed E-state index contributed by atoms with van der Waals surface area (Å²) in [5.74, 6) is 5.13. The first-order valence-electron chi connectivity index (χ1n) is 25.0. The number of cyclic esters (lactones) is 1. The molecule has 0 aromatic carbocycles. The van der Waals surface area contributed by atoms with Crippen LogP contribution in [0.15, 0.2) is 27.9 Å². The van der Waals surface area contributed by atoms with Crippen LogP contribution in [0.4, 0.5) is 0 Å². The zero-order valence-corrected chi connectivity index (χ0v) is 39.4. The fraction of sp³-hybridized carbons (Fsp3) is 0.808. The largest absolute Gasteiger partial charge is 0.465 e. The van der Waals surface area contributed by atoms with Crippen LogP contribution in [0.1, 0.15) is 137 Å². The van der Waals surface area contributed by atoms with Gasteiger partial charge in [0.2, 0.25) is 0 Å². The van der Waals surface area contributed by atoms with Crippen LogP contribution in [0, 0.1) is 87.3 Å². The van der Waals surface area contributed by atoms with Gasteiger partial charge in [0, 0.05) is 42.1 Å². The number of aliphatic hydroxyl groups is 5. The van der Waals surface area contributed by atoms with Gasteiger partial charge in [-0.15, -0.1) is 5.92 Å². The summed E-state index contributed by atoms with van der Waals surface area (Å²) in [6.45, 7) is 10.1. The highest BCUT2D eigenvalue weighted by molar-refractivity contribution is 6.00. The van der Waals surface area contributed by atoms with Crippen molar-refractivity contribution < 1.29 is 44.7 Å². The number of allylic oxidation sites excluding steroid dienone is 3. The third-order valence-electron chi connectivity index (χ3n) is 20.2. The van der Waals surface area contributed by atoms with E-state index in [1.165, 1.54) is 12.5 Å². The number of hydrogen-bond acceptors (Lipinski definition) is 11. The van der Waals surface area contributed by atoms with Crippen LogP contribution in [0.5, 0.6) is 0 Å². The molecule has 1 aliphatic heterocycles. The molecule has 1 saturated heterocycles. The summed E-state index contributed by atoms with van der Waals surface area (Å²) in [7, 11) is 0. The topological polar surface area (TPSA) is 238 Å². The van der Waals surface area contributed by atoms with Gasteiger partial charge in [-0.05, 0) is 156 Å². The molecule has 6 fully saturated rings. The van der Waals surface area contributed by atoms with Crippen molar-refractivity contribution in [2.75, 3.05) is 19.7 Å². The van der Waals surface area contributed by atoms with Crippen LogP contribution in [-0.2, 0) is 19.1 Å². The number of aliphatic imine (C=N–C) groups is 1. The average Bonchev–Trinajstić information content (AvgIpc) is 3.74. The maximum absolute atomic E-state index is 15.1. The Kier molecular flexibility index (Phi) is 11.9. The van der Waals surface area contributed by atoms with E-state index in [0.29, 0.717) is 62.5 Å². The number of rotatable bonds is 7. The van der Waals surface area contributed by atoms with Crippen molar-refractivity contribution in [3.63, 3.8) is 0 Å². The molecule has 0 unspecified atom stereocenters. The molecule has 9 aliphatic rings. The van der Waals surface area contributed by atoms with Crippen LogP contribution in [0.2, 0.25) is 0 Å². The second-order valence-corrected chi connectivity index (χ2v) is 23.6. The lowest BCUT2D eigenvalue weighted by atomic mass is 9.43. The Morgan fingerprint density at radius 2 is 1.72 bits per heavy atom. The highest BCUT2D eigenvalue weighted by Crippen LogP contribution is 2.74. The molecule has 0 amide bonds. The van der Waals surface area contributed by atoms with E-state index in [2.05, 4.69) is 42.1 Å². The number of nitrogens with zero attached hydrogens (tertiary/aromatic N) is 1. The number of guanidine groups is 1. The van der Waals surface area contributed by atoms with Crippen molar-refractivity contribution in [3.8, 4) is 11.8 Å². The number of ketones is 2. The van der Waals surface area contributed by atoms with Gasteiger partial charge in [-0.2, -0.15) is 0 Å². The van der Waals surface area contributed by atoms with E-state index in [-0.39, 0.29) is 103 Å².